The van der Waals surface area contributed by atoms with Crippen molar-refractivity contribution in [1.82, 2.24) is 15.4 Å². The number of ether oxygens (including phenoxy) is 1. The topological polar surface area (TPSA) is 93.9 Å². The summed E-state index contributed by atoms with van der Waals surface area (Å²) >= 11 is 0. The van der Waals surface area contributed by atoms with Crippen LogP contribution in [0.2, 0.25) is 0 Å². The van der Waals surface area contributed by atoms with Gasteiger partial charge >= 0.3 is 6.36 Å². The van der Waals surface area contributed by atoms with E-state index in [9.17, 15) is 22.4 Å². The molecule has 3 N–H and O–H groups in total. The van der Waals surface area contributed by atoms with Gasteiger partial charge in [-0.2, -0.15) is 15.4 Å². The molecule has 0 fully saturated rings. The molecule has 1 heterocycles. The van der Waals surface area contributed by atoms with Crippen LogP contribution in [0.5, 0.6) is 5.75 Å². The molecule has 0 aliphatic rings. The number of primary amides is 1. The predicted octanol–water partition coefficient (Wildman–Crippen LogP) is 1.61. The highest BCUT2D eigenvalue weighted by Gasteiger charge is 2.31. The number of nitrogens with two attached hydrogens (primary N) is 1. The highest BCUT2D eigenvalue weighted by molar-refractivity contribution is 5.96. The van der Waals surface area contributed by atoms with Crippen LogP contribution in [-0.2, 0) is 0 Å². The number of rotatable bonds is 3. The van der Waals surface area contributed by atoms with Crippen LogP contribution in [0.3, 0.4) is 0 Å². The molecule has 0 saturated heterocycles. The van der Waals surface area contributed by atoms with Gasteiger partial charge in [0.15, 0.2) is 5.69 Å². The first-order valence-electron chi connectivity index (χ1n) is 5.04. The summed E-state index contributed by atoms with van der Waals surface area (Å²) in [6, 6.07) is 2.28. The van der Waals surface area contributed by atoms with Crippen LogP contribution in [0.25, 0.3) is 11.3 Å². The predicted molar refractivity (Wildman–Crippen MR) is 57.0 cm³/mol. The maximum Gasteiger partial charge on any atom is 0.573 e. The molecule has 106 valence electrons. The maximum atomic E-state index is 13.6. The third-order valence-corrected chi connectivity index (χ3v) is 2.21. The molecule has 10 heteroatoms. The lowest BCUT2D eigenvalue weighted by Crippen LogP contribution is -2.17. The van der Waals surface area contributed by atoms with Crippen molar-refractivity contribution in [3.05, 3.63) is 29.7 Å². The average Bonchev–Trinajstić information content (AvgIpc) is 2.78. The summed E-state index contributed by atoms with van der Waals surface area (Å²) in [7, 11) is 0. The van der Waals surface area contributed by atoms with Crippen molar-refractivity contribution < 1.29 is 27.1 Å². The number of hydrogen-bond donors (Lipinski definition) is 2. The molecule has 6 nitrogen and oxygen atoms in total. The quantitative estimate of drug-likeness (QED) is 0.840. The monoisotopic (exact) mass is 290 g/mol. The minimum absolute atomic E-state index is 0.303. The summed E-state index contributed by atoms with van der Waals surface area (Å²) in [6.07, 6.45) is -4.93. The lowest BCUT2D eigenvalue weighted by atomic mass is 10.1. The van der Waals surface area contributed by atoms with E-state index in [0.29, 0.717) is 0 Å². The van der Waals surface area contributed by atoms with Crippen molar-refractivity contribution >= 4 is 5.91 Å². The maximum absolute atomic E-state index is 13.6. The molecule has 2 rings (SSSR count). The number of nitrogens with one attached hydrogen (secondary N) is 1. The van der Waals surface area contributed by atoms with Crippen LogP contribution in [-0.4, -0.2) is 27.7 Å². The minimum Gasteiger partial charge on any atom is -0.406 e. The van der Waals surface area contributed by atoms with E-state index in [0.717, 1.165) is 18.2 Å². The van der Waals surface area contributed by atoms with Crippen LogP contribution in [0.4, 0.5) is 17.6 Å². The highest BCUT2D eigenvalue weighted by Crippen LogP contribution is 2.30. The number of amides is 1. The number of carbonyl (C=O) groups is 1. The van der Waals surface area contributed by atoms with E-state index in [2.05, 4.69) is 14.9 Å². The second-order valence-electron chi connectivity index (χ2n) is 3.57. The zero-order valence-corrected chi connectivity index (χ0v) is 9.53. The first-order valence-corrected chi connectivity index (χ1v) is 5.04. The van der Waals surface area contributed by atoms with E-state index >= 15 is 0 Å². The van der Waals surface area contributed by atoms with Gasteiger partial charge in [0.05, 0.1) is 0 Å². The molecule has 0 radical (unpaired) electrons. The van der Waals surface area contributed by atoms with Crippen molar-refractivity contribution in [2.24, 2.45) is 5.73 Å². The molecule has 1 aromatic carbocycles. The zero-order chi connectivity index (χ0) is 14.9. The third kappa shape index (κ3) is 2.84. The van der Waals surface area contributed by atoms with Gasteiger partial charge in [-0.1, -0.05) is 0 Å². The Morgan fingerprint density at radius 2 is 2.00 bits per heavy atom. The fourth-order valence-electron chi connectivity index (χ4n) is 1.47. The smallest absolute Gasteiger partial charge is 0.406 e. The largest absolute Gasteiger partial charge is 0.573 e. The van der Waals surface area contributed by atoms with Gasteiger partial charge in [-0.15, -0.1) is 13.2 Å². The molecular weight excluding hydrogens is 284 g/mol. The Bertz CT molecular complexity index is 653. The van der Waals surface area contributed by atoms with Gasteiger partial charge in [0.25, 0.3) is 5.91 Å². The Morgan fingerprint density at radius 1 is 1.30 bits per heavy atom. The molecule has 0 aliphatic heterocycles. The Kier molecular flexibility index (Phi) is 3.30. The Morgan fingerprint density at radius 3 is 2.60 bits per heavy atom. The number of benzene rings is 1. The second-order valence-corrected chi connectivity index (χ2v) is 3.57. The third-order valence-electron chi connectivity index (χ3n) is 2.21. The van der Waals surface area contributed by atoms with Crippen LogP contribution in [0.15, 0.2) is 18.2 Å². The van der Waals surface area contributed by atoms with Crippen molar-refractivity contribution in [2.75, 3.05) is 0 Å². The number of alkyl halides is 3. The van der Waals surface area contributed by atoms with Gasteiger partial charge < -0.3 is 10.5 Å². The normalized spacial score (nSPS) is 11.4. The number of H-pyrrole nitrogens is 1. The summed E-state index contributed by atoms with van der Waals surface area (Å²) in [4.78, 5) is 11.0. The van der Waals surface area contributed by atoms with Gasteiger partial charge in [0.2, 0.25) is 0 Å². The number of nitrogens with zero attached hydrogens (tertiary/aromatic N) is 2. The summed E-state index contributed by atoms with van der Waals surface area (Å²) in [6.45, 7) is 0. The van der Waals surface area contributed by atoms with Crippen LogP contribution in [0.1, 0.15) is 10.5 Å². The van der Waals surface area contributed by atoms with Crippen LogP contribution in [0, 0.1) is 5.82 Å². The van der Waals surface area contributed by atoms with E-state index in [1.165, 1.54) is 0 Å². The first kappa shape index (κ1) is 13.8. The lowest BCUT2D eigenvalue weighted by Gasteiger charge is -2.10. The molecule has 1 amide bonds. The van der Waals surface area contributed by atoms with E-state index < -0.39 is 35.1 Å². The van der Waals surface area contributed by atoms with Gasteiger partial charge in [0, 0.05) is 5.56 Å². The molecule has 0 unspecified atom stereocenters. The molecular formula is C10H6F4N4O2. The minimum atomic E-state index is -4.93. The zero-order valence-electron chi connectivity index (χ0n) is 9.53. The molecule has 2 aromatic rings. The summed E-state index contributed by atoms with van der Waals surface area (Å²) in [5.41, 5.74) is 3.90. The summed E-state index contributed by atoms with van der Waals surface area (Å²) < 4.78 is 53.6. The molecule has 0 aliphatic carbocycles. The van der Waals surface area contributed by atoms with Crippen LogP contribution >= 0.6 is 0 Å². The Balaban J connectivity index is 2.48. The first-order chi connectivity index (χ1) is 9.28. The highest BCUT2D eigenvalue weighted by atomic mass is 19.4. The molecule has 0 spiro atoms. The average molecular weight is 290 g/mol. The fourth-order valence-corrected chi connectivity index (χ4v) is 1.47. The van der Waals surface area contributed by atoms with E-state index in [-0.39, 0.29) is 5.69 Å². The second kappa shape index (κ2) is 4.79. The molecule has 0 saturated carbocycles. The number of carbonyl (C=O) groups excluding carboxylic acids is 1. The summed E-state index contributed by atoms with van der Waals surface area (Å²) in [5.74, 6) is -2.57. The fraction of sp³-hybridized carbons (Fsp3) is 0.100. The van der Waals surface area contributed by atoms with Crippen molar-refractivity contribution in [3.63, 3.8) is 0 Å². The summed E-state index contributed by atoms with van der Waals surface area (Å²) in [5, 5.41) is 8.93. The number of aromatic nitrogens is 3. The van der Waals surface area contributed by atoms with Crippen molar-refractivity contribution in [3.8, 4) is 17.0 Å². The number of aromatic amines is 1. The van der Waals surface area contributed by atoms with Gasteiger partial charge in [0.1, 0.15) is 17.3 Å². The van der Waals surface area contributed by atoms with E-state index in [4.69, 9.17) is 5.73 Å². The molecule has 1 aromatic heterocycles. The number of hydrogen-bond acceptors (Lipinski definition) is 4. The Labute approximate surface area is 108 Å². The molecule has 0 bridgehead atoms. The van der Waals surface area contributed by atoms with E-state index in [1.807, 2.05) is 5.21 Å². The lowest BCUT2D eigenvalue weighted by molar-refractivity contribution is -0.274. The standard InChI is InChI=1S/C10H6F4N4O2/c11-6-2-1-4(20-10(12,13)14)3-5(6)7-8(9(15)19)17-18-16-7/h1-3H,(H2,15,19)(H,16,17,18). The molecule has 0 atom stereocenters. The molecule has 20 heavy (non-hydrogen) atoms. The number of halogens is 4. The van der Waals surface area contributed by atoms with Gasteiger partial charge in [-0.3, -0.25) is 4.79 Å². The Hall–Kier alpha value is -2.65. The van der Waals surface area contributed by atoms with Gasteiger partial charge in [-0.05, 0) is 18.2 Å². The van der Waals surface area contributed by atoms with E-state index in [1.54, 1.807) is 0 Å². The van der Waals surface area contributed by atoms with Crippen LogP contribution < -0.4 is 10.5 Å². The van der Waals surface area contributed by atoms with Gasteiger partial charge in [-0.25, -0.2) is 4.39 Å². The van der Waals surface area contributed by atoms with Crippen molar-refractivity contribution in [2.45, 2.75) is 6.36 Å². The van der Waals surface area contributed by atoms with Crippen molar-refractivity contribution in [1.29, 1.82) is 0 Å². The SMILES string of the molecule is NC(=O)c1n[nH]nc1-c1cc(OC(F)(F)F)ccc1F.